The molecule has 5 heteroatoms. The molecule has 0 aromatic heterocycles. The summed E-state index contributed by atoms with van der Waals surface area (Å²) in [6.07, 6.45) is 7.61. The summed E-state index contributed by atoms with van der Waals surface area (Å²) in [6, 6.07) is 0.437. The van der Waals surface area contributed by atoms with Crippen molar-refractivity contribution in [3.8, 4) is 0 Å². The summed E-state index contributed by atoms with van der Waals surface area (Å²) >= 11 is 0. The molecule has 0 bridgehead atoms. The van der Waals surface area contributed by atoms with Crippen LogP contribution in [-0.2, 0) is 4.74 Å². The predicted octanol–water partition coefficient (Wildman–Crippen LogP) is 1.64. The average molecular weight is 282 g/mol. The van der Waals surface area contributed by atoms with E-state index in [1.807, 2.05) is 4.90 Å². The standard InChI is InChI=1S/C15H26N2O3/c18-13-6-3-11-20-15(13)7-9-17(10-8-15)14(19)16-12-4-1-2-5-12/h12-13,18H,1-11H2,(H,16,19)/t13-/m0/s1. The topological polar surface area (TPSA) is 61.8 Å². The first-order valence-corrected chi connectivity index (χ1v) is 8.07. The van der Waals surface area contributed by atoms with E-state index in [4.69, 9.17) is 4.74 Å². The van der Waals surface area contributed by atoms with Crippen molar-refractivity contribution in [1.82, 2.24) is 10.2 Å². The molecule has 0 aromatic carbocycles. The van der Waals surface area contributed by atoms with Gasteiger partial charge in [0.15, 0.2) is 0 Å². The molecule has 3 aliphatic rings. The van der Waals surface area contributed by atoms with Gasteiger partial charge in [-0.25, -0.2) is 4.79 Å². The van der Waals surface area contributed by atoms with Crippen LogP contribution in [0.25, 0.3) is 0 Å². The Morgan fingerprint density at radius 2 is 1.85 bits per heavy atom. The summed E-state index contributed by atoms with van der Waals surface area (Å²) in [4.78, 5) is 14.1. The molecule has 1 aliphatic carbocycles. The minimum absolute atomic E-state index is 0.0667. The SMILES string of the molecule is O=C(NC1CCCC1)N1CCC2(CC1)OCCC[C@@H]2O. The monoisotopic (exact) mass is 282 g/mol. The van der Waals surface area contributed by atoms with Gasteiger partial charge in [-0.1, -0.05) is 12.8 Å². The smallest absolute Gasteiger partial charge is 0.317 e. The zero-order chi connectivity index (χ0) is 14.0. The lowest BCUT2D eigenvalue weighted by Crippen LogP contribution is -2.57. The number of carbonyl (C=O) groups excluding carboxylic acids is 1. The van der Waals surface area contributed by atoms with Gasteiger partial charge in [0.2, 0.25) is 0 Å². The highest BCUT2D eigenvalue weighted by Gasteiger charge is 2.44. The average Bonchev–Trinajstić information content (AvgIpc) is 2.96. The molecule has 3 rings (SSSR count). The maximum atomic E-state index is 12.2. The van der Waals surface area contributed by atoms with Crippen LogP contribution in [0.15, 0.2) is 0 Å². The normalized spacial score (nSPS) is 30.6. The highest BCUT2D eigenvalue weighted by atomic mass is 16.5. The fourth-order valence-electron chi connectivity index (χ4n) is 3.81. The van der Waals surface area contributed by atoms with Crippen molar-refractivity contribution < 1.29 is 14.6 Å². The van der Waals surface area contributed by atoms with Crippen LogP contribution in [0.4, 0.5) is 4.79 Å². The molecule has 5 nitrogen and oxygen atoms in total. The number of rotatable bonds is 1. The second kappa shape index (κ2) is 5.90. The molecule has 1 atom stereocenters. The molecule has 0 unspecified atom stereocenters. The Bertz CT molecular complexity index is 347. The molecule has 114 valence electrons. The summed E-state index contributed by atoms with van der Waals surface area (Å²) in [6.45, 7) is 2.12. The maximum Gasteiger partial charge on any atom is 0.317 e. The van der Waals surface area contributed by atoms with E-state index in [1.54, 1.807) is 0 Å². The summed E-state index contributed by atoms with van der Waals surface area (Å²) in [5.74, 6) is 0. The molecular formula is C15H26N2O3. The molecule has 20 heavy (non-hydrogen) atoms. The van der Waals surface area contributed by atoms with Crippen LogP contribution in [0, 0.1) is 0 Å². The molecule has 2 N–H and O–H groups in total. The van der Waals surface area contributed by atoms with Crippen LogP contribution in [0.2, 0.25) is 0 Å². The van der Waals surface area contributed by atoms with E-state index in [1.165, 1.54) is 12.8 Å². The van der Waals surface area contributed by atoms with Crippen LogP contribution >= 0.6 is 0 Å². The van der Waals surface area contributed by atoms with Crippen molar-refractivity contribution in [2.24, 2.45) is 0 Å². The summed E-state index contributed by atoms with van der Waals surface area (Å²) in [5, 5.41) is 13.3. The van der Waals surface area contributed by atoms with Gasteiger partial charge in [-0.05, 0) is 38.5 Å². The molecule has 1 saturated carbocycles. The van der Waals surface area contributed by atoms with Crippen molar-refractivity contribution in [1.29, 1.82) is 0 Å². The third-order valence-corrected chi connectivity index (χ3v) is 5.20. The number of hydrogen-bond acceptors (Lipinski definition) is 3. The van der Waals surface area contributed by atoms with Gasteiger partial charge in [0.1, 0.15) is 0 Å². The van der Waals surface area contributed by atoms with Gasteiger partial charge < -0.3 is 20.1 Å². The molecule has 1 spiro atoms. The third-order valence-electron chi connectivity index (χ3n) is 5.20. The maximum absolute atomic E-state index is 12.2. The van der Waals surface area contributed by atoms with E-state index >= 15 is 0 Å². The Kier molecular flexibility index (Phi) is 4.17. The van der Waals surface area contributed by atoms with Gasteiger partial charge in [0, 0.05) is 25.7 Å². The molecule has 2 saturated heterocycles. The second-order valence-electron chi connectivity index (χ2n) is 6.49. The minimum Gasteiger partial charge on any atom is -0.390 e. The Hall–Kier alpha value is -0.810. The van der Waals surface area contributed by atoms with E-state index in [0.717, 1.165) is 45.1 Å². The number of ether oxygens (including phenoxy) is 1. The van der Waals surface area contributed by atoms with E-state index in [0.29, 0.717) is 19.1 Å². The lowest BCUT2D eigenvalue weighted by molar-refractivity contribution is -0.173. The first-order chi connectivity index (χ1) is 9.70. The number of likely N-dealkylation sites (tertiary alicyclic amines) is 1. The molecule has 0 aromatic rings. The zero-order valence-electron chi connectivity index (χ0n) is 12.1. The van der Waals surface area contributed by atoms with Crippen molar-refractivity contribution in [3.63, 3.8) is 0 Å². The number of nitrogens with zero attached hydrogens (tertiary/aromatic N) is 1. The van der Waals surface area contributed by atoms with E-state index < -0.39 is 0 Å². The number of amides is 2. The van der Waals surface area contributed by atoms with Gasteiger partial charge in [-0.15, -0.1) is 0 Å². The predicted molar refractivity (Wildman–Crippen MR) is 75.5 cm³/mol. The fraction of sp³-hybridized carbons (Fsp3) is 0.933. The van der Waals surface area contributed by atoms with Gasteiger partial charge in [-0.3, -0.25) is 0 Å². The highest BCUT2D eigenvalue weighted by Crippen LogP contribution is 2.35. The van der Waals surface area contributed by atoms with Crippen LogP contribution in [0.3, 0.4) is 0 Å². The van der Waals surface area contributed by atoms with Crippen molar-refractivity contribution in [3.05, 3.63) is 0 Å². The van der Waals surface area contributed by atoms with Crippen molar-refractivity contribution in [2.75, 3.05) is 19.7 Å². The summed E-state index contributed by atoms with van der Waals surface area (Å²) in [7, 11) is 0. The van der Waals surface area contributed by atoms with Gasteiger partial charge in [0.25, 0.3) is 0 Å². The first kappa shape index (κ1) is 14.1. The summed E-state index contributed by atoms with van der Waals surface area (Å²) in [5.41, 5.74) is -0.387. The number of carbonyl (C=O) groups is 1. The number of aliphatic hydroxyl groups is 1. The quantitative estimate of drug-likeness (QED) is 0.768. The Labute approximate surface area is 120 Å². The Morgan fingerprint density at radius 3 is 2.50 bits per heavy atom. The van der Waals surface area contributed by atoms with Crippen LogP contribution < -0.4 is 5.32 Å². The second-order valence-corrected chi connectivity index (χ2v) is 6.49. The molecule has 2 aliphatic heterocycles. The summed E-state index contributed by atoms with van der Waals surface area (Å²) < 4.78 is 5.87. The van der Waals surface area contributed by atoms with E-state index in [-0.39, 0.29) is 17.7 Å². The van der Waals surface area contributed by atoms with Gasteiger partial charge >= 0.3 is 6.03 Å². The molecular weight excluding hydrogens is 256 g/mol. The lowest BCUT2D eigenvalue weighted by Gasteiger charge is -2.46. The van der Waals surface area contributed by atoms with E-state index in [9.17, 15) is 9.90 Å². The van der Waals surface area contributed by atoms with Crippen molar-refractivity contribution in [2.45, 2.75) is 69.1 Å². The van der Waals surface area contributed by atoms with Gasteiger partial charge in [0.05, 0.1) is 11.7 Å². The van der Waals surface area contributed by atoms with Crippen LogP contribution in [0.5, 0.6) is 0 Å². The molecule has 2 heterocycles. The Morgan fingerprint density at radius 1 is 1.15 bits per heavy atom. The van der Waals surface area contributed by atoms with Gasteiger partial charge in [-0.2, -0.15) is 0 Å². The van der Waals surface area contributed by atoms with E-state index in [2.05, 4.69) is 5.32 Å². The molecule has 3 fully saturated rings. The molecule has 2 amide bonds. The molecule has 0 radical (unpaired) electrons. The fourth-order valence-corrected chi connectivity index (χ4v) is 3.81. The number of nitrogens with one attached hydrogen (secondary N) is 1. The number of hydrogen-bond donors (Lipinski definition) is 2. The van der Waals surface area contributed by atoms with Crippen LogP contribution in [0.1, 0.15) is 51.4 Å². The third kappa shape index (κ3) is 2.79. The van der Waals surface area contributed by atoms with Crippen molar-refractivity contribution >= 4 is 6.03 Å². The number of urea groups is 1. The zero-order valence-corrected chi connectivity index (χ0v) is 12.1. The van der Waals surface area contributed by atoms with Crippen LogP contribution in [-0.4, -0.2) is 53.5 Å². The highest BCUT2D eigenvalue weighted by molar-refractivity contribution is 5.74. The first-order valence-electron chi connectivity index (χ1n) is 8.07. The lowest BCUT2D eigenvalue weighted by atomic mass is 9.82. The largest absolute Gasteiger partial charge is 0.390 e. The number of aliphatic hydroxyl groups excluding tert-OH is 1. The Balaban J connectivity index is 1.51. The minimum atomic E-state index is -0.387. The number of piperidine rings is 1.